The molecule has 23 heavy (non-hydrogen) atoms. The highest BCUT2D eigenvalue weighted by molar-refractivity contribution is 5.90. The quantitative estimate of drug-likeness (QED) is 0.724. The number of hydrogen-bond acceptors (Lipinski definition) is 4. The Labute approximate surface area is 133 Å². The fraction of sp³-hybridized carbons (Fsp3) is 0.111. The summed E-state index contributed by atoms with van der Waals surface area (Å²) < 4.78 is 5.08. The van der Waals surface area contributed by atoms with E-state index in [2.05, 4.69) is 16.0 Å². The van der Waals surface area contributed by atoms with Crippen LogP contribution in [0.4, 0.5) is 0 Å². The average Bonchev–Trinajstić information content (AvgIpc) is 2.96. The van der Waals surface area contributed by atoms with Crippen molar-refractivity contribution in [3.05, 3.63) is 53.3 Å². The molecule has 1 heterocycles. The molecule has 114 valence electrons. The Balaban J connectivity index is 2.05. The maximum atomic E-state index is 9.64. The van der Waals surface area contributed by atoms with Crippen LogP contribution in [0, 0.1) is 18.3 Å². The van der Waals surface area contributed by atoms with Crippen LogP contribution in [0.1, 0.15) is 17.0 Å². The van der Waals surface area contributed by atoms with Crippen molar-refractivity contribution < 1.29 is 9.84 Å². The molecule has 0 spiro atoms. The van der Waals surface area contributed by atoms with Gasteiger partial charge in [-0.2, -0.15) is 5.26 Å². The van der Waals surface area contributed by atoms with E-state index in [4.69, 9.17) is 4.74 Å². The number of H-pyrrole nitrogens is 1. The van der Waals surface area contributed by atoms with Gasteiger partial charge in [-0.05, 0) is 48.4 Å². The number of imidazole rings is 1. The van der Waals surface area contributed by atoms with Gasteiger partial charge in [0.05, 0.1) is 23.7 Å². The van der Waals surface area contributed by atoms with Crippen LogP contribution in [-0.4, -0.2) is 22.2 Å². The minimum Gasteiger partial charge on any atom is -0.504 e. The molecule has 3 rings (SSSR count). The number of fused-ring (bicyclic) bond motifs is 1. The number of hydrogen-bond donors (Lipinski definition) is 2. The summed E-state index contributed by atoms with van der Waals surface area (Å²) in [6.45, 7) is 2.00. The highest BCUT2D eigenvalue weighted by Crippen LogP contribution is 2.28. The van der Waals surface area contributed by atoms with Crippen molar-refractivity contribution in [1.82, 2.24) is 9.97 Å². The molecule has 0 aliphatic carbocycles. The van der Waals surface area contributed by atoms with E-state index in [9.17, 15) is 10.4 Å². The smallest absolute Gasteiger partial charge is 0.161 e. The third kappa shape index (κ3) is 2.87. The second-order valence-corrected chi connectivity index (χ2v) is 5.21. The number of nitriles is 1. The Morgan fingerprint density at radius 3 is 2.87 bits per heavy atom. The van der Waals surface area contributed by atoms with E-state index in [-0.39, 0.29) is 5.75 Å². The predicted molar refractivity (Wildman–Crippen MR) is 89.0 cm³/mol. The summed E-state index contributed by atoms with van der Waals surface area (Å²) in [5.74, 6) is 0.929. The number of aryl methyl sites for hydroxylation is 1. The number of aromatic nitrogens is 2. The molecule has 0 saturated carbocycles. The van der Waals surface area contributed by atoms with Crippen LogP contribution in [0.3, 0.4) is 0 Å². The first-order valence-electron chi connectivity index (χ1n) is 7.06. The molecule has 0 radical (unpaired) electrons. The number of ether oxygens (including phenoxy) is 1. The Bertz CT molecular complexity index is 949. The highest BCUT2D eigenvalue weighted by Gasteiger charge is 2.09. The molecular weight excluding hydrogens is 290 g/mol. The summed E-state index contributed by atoms with van der Waals surface area (Å²) in [4.78, 5) is 7.62. The minimum absolute atomic E-state index is 0.0577. The molecule has 0 saturated heterocycles. The van der Waals surface area contributed by atoms with E-state index in [0.29, 0.717) is 17.1 Å². The lowest BCUT2D eigenvalue weighted by atomic mass is 10.1. The number of methoxy groups -OCH3 is 1. The van der Waals surface area contributed by atoms with E-state index in [0.717, 1.165) is 22.2 Å². The van der Waals surface area contributed by atoms with Crippen LogP contribution in [0.25, 0.3) is 22.7 Å². The zero-order chi connectivity index (χ0) is 16.4. The van der Waals surface area contributed by atoms with Gasteiger partial charge < -0.3 is 14.8 Å². The van der Waals surface area contributed by atoms with Gasteiger partial charge in [0.2, 0.25) is 0 Å². The van der Waals surface area contributed by atoms with Crippen molar-refractivity contribution in [1.29, 1.82) is 5.26 Å². The maximum Gasteiger partial charge on any atom is 0.161 e. The fourth-order valence-electron chi connectivity index (χ4n) is 2.36. The molecule has 3 aromatic rings. The van der Waals surface area contributed by atoms with Crippen molar-refractivity contribution in [3.8, 4) is 17.6 Å². The number of phenols is 1. The summed E-state index contributed by atoms with van der Waals surface area (Å²) in [6.07, 6.45) is 1.70. The van der Waals surface area contributed by atoms with Crippen LogP contribution >= 0.6 is 0 Å². The summed E-state index contributed by atoms with van der Waals surface area (Å²) in [7, 11) is 1.48. The van der Waals surface area contributed by atoms with Crippen LogP contribution in [-0.2, 0) is 0 Å². The molecule has 0 atom stereocenters. The standard InChI is InChI=1S/C18H15N3O2/c1-11-3-5-14-15(7-11)21-18(20-14)13(10-19)8-12-4-6-16(22)17(9-12)23-2/h3-9,22H,1-2H3,(H,20,21). The largest absolute Gasteiger partial charge is 0.504 e. The summed E-state index contributed by atoms with van der Waals surface area (Å²) in [5.41, 5.74) is 3.98. The van der Waals surface area contributed by atoms with Crippen molar-refractivity contribution in [3.63, 3.8) is 0 Å². The first kappa shape index (κ1) is 14.7. The molecule has 1 aromatic heterocycles. The number of benzene rings is 2. The molecule has 5 heteroatoms. The number of allylic oxidation sites excluding steroid dienone is 1. The third-order valence-corrected chi connectivity index (χ3v) is 3.53. The third-order valence-electron chi connectivity index (χ3n) is 3.53. The van der Waals surface area contributed by atoms with Gasteiger partial charge in [0.1, 0.15) is 11.9 Å². The number of aromatic amines is 1. The Hall–Kier alpha value is -3.26. The van der Waals surface area contributed by atoms with Gasteiger partial charge >= 0.3 is 0 Å². The zero-order valence-corrected chi connectivity index (χ0v) is 12.8. The van der Waals surface area contributed by atoms with Gasteiger partial charge in [-0.1, -0.05) is 12.1 Å². The van der Waals surface area contributed by atoms with Gasteiger partial charge in [-0.25, -0.2) is 4.98 Å². The van der Waals surface area contributed by atoms with Crippen molar-refractivity contribution in [2.45, 2.75) is 6.92 Å². The molecule has 0 bridgehead atoms. The topological polar surface area (TPSA) is 81.9 Å². The number of nitrogens with one attached hydrogen (secondary N) is 1. The van der Waals surface area contributed by atoms with Gasteiger partial charge in [-0.3, -0.25) is 0 Å². The summed E-state index contributed by atoms with van der Waals surface area (Å²) in [5, 5.41) is 19.1. The minimum atomic E-state index is 0.0577. The average molecular weight is 305 g/mol. The van der Waals surface area contributed by atoms with Crippen molar-refractivity contribution >= 4 is 22.7 Å². The molecule has 2 N–H and O–H groups in total. The van der Waals surface area contributed by atoms with Crippen LogP contribution in [0.5, 0.6) is 11.5 Å². The van der Waals surface area contributed by atoms with Gasteiger partial charge in [-0.15, -0.1) is 0 Å². The Kier molecular flexibility index (Phi) is 3.73. The molecule has 0 aliphatic heterocycles. The van der Waals surface area contributed by atoms with E-state index < -0.39 is 0 Å². The van der Waals surface area contributed by atoms with Crippen LogP contribution in [0.2, 0.25) is 0 Å². The number of nitrogens with zero attached hydrogens (tertiary/aromatic N) is 2. The van der Waals surface area contributed by atoms with Crippen molar-refractivity contribution in [2.24, 2.45) is 0 Å². The molecule has 5 nitrogen and oxygen atoms in total. The van der Waals surface area contributed by atoms with E-state index in [1.807, 2.05) is 25.1 Å². The molecule has 2 aromatic carbocycles. The highest BCUT2D eigenvalue weighted by atomic mass is 16.5. The van der Waals surface area contributed by atoms with E-state index >= 15 is 0 Å². The number of phenolic OH excluding ortho intramolecular Hbond substituents is 1. The molecule has 0 fully saturated rings. The number of rotatable bonds is 3. The Morgan fingerprint density at radius 1 is 1.30 bits per heavy atom. The van der Waals surface area contributed by atoms with Crippen LogP contribution < -0.4 is 4.74 Å². The lowest BCUT2D eigenvalue weighted by molar-refractivity contribution is 0.373. The maximum absolute atomic E-state index is 9.64. The molecular formula is C18H15N3O2. The van der Waals surface area contributed by atoms with Gasteiger partial charge in [0, 0.05) is 0 Å². The lowest BCUT2D eigenvalue weighted by Crippen LogP contribution is -1.87. The molecule has 0 amide bonds. The van der Waals surface area contributed by atoms with Gasteiger partial charge in [0.25, 0.3) is 0 Å². The Morgan fingerprint density at radius 2 is 2.13 bits per heavy atom. The fourth-order valence-corrected chi connectivity index (χ4v) is 2.36. The zero-order valence-electron chi connectivity index (χ0n) is 12.8. The second-order valence-electron chi connectivity index (χ2n) is 5.21. The van der Waals surface area contributed by atoms with Gasteiger partial charge in [0.15, 0.2) is 11.5 Å². The molecule has 0 aliphatic rings. The van der Waals surface area contributed by atoms with E-state index in [1.54, 1.807) is 18.2 Å². The lowest BCUT2D eigenvalue weighted by Gasteiger charge is -2.04. The first-order chi connectivity index (χ1) is 11.1. The van der Waals surface area contributed by atoms with E-state index in [1.165, 1.54) is 13.2 Å². The first-order valence-corrected chi connectivity index (χ1v) is 7.06. The summed E-state index contributed by atoms with van der Waals surface area (Å²) in [6, 6.07) is 13.0. The monoisotopic (exact) mass is 305 g/mol. The van der Waals surface area contributed by atoms with Crippen LogP contribution in [0.15, 0.2) is 36.4 Å². The normalized spacial score (nSPS) is 11.4. The van der Waals surface area contributed by atoms with Crippen molar-refractivity contribution in [2.75, 3.05) is 7.11 Å². The number of aromatic hydroxyl groups is 1. The second kappa shape index (κ2) is 5.85. The SMILES string of the molecule is COc1cc(C=C(C#N)c2nc3ccc(C)cc3[nH]2)ccc1O. The molecule has 0 unspecified atom stereocenters. The predicted octanol–water partition coefficient (Wildman–Crippen LogP) is 3.65. The summed E-state index contributed by atoms with van der Waals surface area (Å²) >= 11 is 0.